The predicted molar refractivity (Wildman–Crippen MR) is 57.1 cm³/mol. The lowest BCUT2D eigenvalue weighted by Crippen LogP contribution is -1.86. The second-order valence-electron chi connectivity index (χ2n) is 3.21. The van der Waals surface area contributed by atoms with E-state index in [1.54, 1.807) is 6.33 Å². The first kappa shape index (κ1) is 8.11. The summed E-state index contributed by atoms with van der Waals surface area (Å²) >= 11 is 0. The Labute approximate surface area is 86.0 Å². The summed E-state index contributed by atoms with van der Waals surface area (Å²) in [4.78, 5) is 8.54. The van der Waals surface area contributed by atoms with E-state index in [0.717, 1.165) is 16.6 Å². The average Bonchev–Trinajstić information content (AvgIpc) is 2.82. The van der Waals surface area contributed by atoms with Crippen molar-refractivity contribution in [1.29, 1.82) is 0 Å². The number of hydrogen-bond donors (Lipinski definition) is 1. The van der Waals surface area contributed by atoms with Gasteiger partial charge < -0.3 is 0 Å². The number of benzene rings is 1. The van der Waals surface area contributed by atoms with Crippen LogP contribution in [0.1, 0.15) is 0 Å². The Balaban J connectivity index is 2.22. The summed E-state index contributed by atoms with van der Waals surface area (Å²) < 4.78 is 0. The first-order valence-corrected chi connectivity index (χ1v) is 4.65. The molecule has 2 heterocycles. The molecule has 1 N–H and O–H groups in total. The molecule has 3 aromatic rings. The summed E-state index contributed by atoms with van der Waals surface area (Å²) in [6.45, 7) is 0. The zero-order valence-corrected chi connectivity index (χ0v) is 7.88. The number of aromatic amines is 1. The first-order valence-electron chi connectivity index (χ1n) is 4.65. The number of hydrogen-bond acceptors (Lipinski definition) is 3. The van der Waals surface area contributed by atoms with Gasteiger partial charge in [-0.15, -0.1) is 0 Å². The van der Waals surface area contributed by atoms with Gasteiger partial charge in [0.2, 0.25) is 0 Å². The molecule has 4 nitrogen and oxygen atoms in total. The summed E-state index contributed by atoms with van der Waals surface area (Å²) in [5.41, 5.74) is 1.75. The molecule has 0 spiro atoms. The van der Waals surface area contributed by atoms with E-state index in [0.29, 0.717) is 5.82 Å². The van der Waals surface area contributed by atoms with Crippen LogP contribution in [0.4, 0.5) is 0 Å². The summed E-state index contributed by atoms with van der Waals surface area (Å²) in [7, 11) is 0. The number of aromatic nitrogens is 4. The molecule has 72 valence electrons. The monoisotopic (exact) mass is 196 g/mol. The number of nitrogens with zero attached hydrogens (tertiary/aromatic N) is 3. The lowest BCUT2D eigenvalue weighted by Gasteiger charge is -1.98. The van der Waals surface area contributed by atoms with Gasteiger partial charge in [-0.25, -0.2) is 9.97 Å². The molecule has 0 fully saturated rings. The summed E-state index contributed by atoms with van der Waals surface area (Å²) in [5, 5.41) is 7.79. The molecule has 3 rings (SSSR count). The molecular formula is C11H8N4. The van der Waals surface area contributed by atoms with E-state index < -0.39 is 0 Å². The van der Waals surface area contributed by atoms with E-state index in [-0.39, 0.29) is 0 Å². The van der Waals surface area contributed by atoms with Crippen LogP contribution in [0.15, 0.2) is 42.7 Å². The van der Waals surface area contributed by atoms with Crippen LogP contribution in [0.2, 0.25) is 0 Å². The van der Waals surface area contributed by atoms with Gasteiger partial charge in [-0.1, -0.05) is 24.3 Å². The second kappa shape index (κ2) is 3.16. The van der Waals surface area contributed by atoms with Crippen molar-refractivity contribution >= 4 is 10.9 Å². The Morgan fingerprint density at radius 3 is 2.80 bits per heavy atom. The summed E-state index contributed by atoms with van der Waals surface area (Å²) in [6, 6.07) is 11.9. The molecule has 1 aromatic carbocycles. The number of pyridine rings is 1. The molecule has 0 radical (unpaired) electrons. The minimum atomic E-state index is 0.626. The maximum absolute atomic E-state index is 4.47. The van der Waals surface area contributed by atoms with Gasteiger partial charge in [0, 0.05) is 5.39 Å². The van der Waals surface area contributed by atoms with Crippen LogP contribution in [0.25, 0.3) is 22.4 Å². The van der Waals surface area contributed by atoms with Crippen molar-refractivity contribution in [1.82, 2.24) is 20.2 Å². The maximum atomic E-state index is 4.47. The van der Waals surface area contributed by atoms with Gasteiger partial charge in [0.15, 0.2) is 5.82 Å². The standard InChI is InChI=1S/C11H8N4/c1-2-4-9-8(3-1)5-6-10(14-9)11-12-7-13-15-11/h1-7H,(H,12,13,15). The molecule has 0 aliphatic rings. The molecule has 0 amide bonds. The number of nitrogens with one attached hydrogen (secondary N) is 1. The molecule has 0 atom stereocenters. The lowest BCUT2D eigenvalue weighted by atomic mass is 10.2. The van der Waals surface area contributed by atoms with Crippen molar-refractivity contribution in [2.75, 3.05) is 0 Å². The van der Waals surface area contributed by atoms with Crippen LogP contribution in [0.3, 0.4) is 0 Å². The van der Waals surface area contributed by atoms with Gasteiger partial charge in [0.1, 0.15) is 12.0 Å². The quantitative estimate of drug-likeness (QED) is 0.647. The number of H-pyrrole nitrogens is 1. The van der Waals surface area contributed by atoms with E-state index in [1.807, 2.05) is 36.4 Å². The van der Waals surface area contributed by atoms with Gasteiger partial charge in [0.05, 0.1) is 5.52 Å². The lowest BCUT2D eigenvalue weighted by molar-refractivity contribution is 1.09. The molecule has 0 unspecified atom stereocenters. The Kier molecular flexibility index (Phi) is 1.71. The zero-order valence-electron chi connectivity index (χ0n) is 7.88. The van der Waals surface area contributed by atoms with Crippen LogP contribution >= 0.6 is 0 Å². The van der Waals surface area contributed by atoms with Crippen LogP contribution in [0.5, 0.6) is 0 Å². The molecule has 0 bridgehead atoms. The van der Waals surface area contributed by atoms with Gasteiger partial charge in [-0.05, 0) is 12.1 Å². The van der Waals surface area contributed by atoms with E-state index in [9.17, 15) is 0 Å². The number of rotatable bonds is 1. The molecule has 0 saturated carbocycles. The van der Waals surface area contributed by atoms with Crippen molar-refractivity contribution in [2.45, 2.75) is 0 Å². The molecule has 0 saturated heterocycles. The van der Waals surface area contributed by atoms with Crippen LogP contribution in [0, 0.1) is 0 Å². The van der Waals surface area contributed by atoms with Crippen molar-refractivity contribution in [2.24, 2.45) is 0 Å². The predicted octanol–water partition coefficient (Wildman–Crippen LogP) is 2.02. The third-order valence-electron chi connectivity index (χ3n) is 2.24. The molecule has 0 aliphatic heterocycles. The van der Waals surface area contributed by atoms with Crippen molar-refractivity contribution < 1.29 is 0 Å². The fourth-order valence-corrected chi connectivity index (χ4v) is 1.52. The highest BCUT2D eigenvalue weighted by Crippen LogP contribution is 2.16. The normalized spacial score (nSPS) is 10.7. The highest BCUT2D eigenvalue weighted by Gasteiger charge is 2.03. The fraction of sp³-hybridized carbons (Fsp3) is 0. The minimum Gasteiger partial charge on any atom is -0.265 e. The maximum Gasteiger partial charge on any atom is 0.199 e. The fourth-order valence-electron chi connectivity index (χ4n) is 1.52. The molecule has 2 aromatic heterocycles. The smallest absolute Gasteiger partial charge is 0.199 e. The van der Waals surface area contributed by atoms with Gasteiger partial charge in [-0.3, -0.25) is 5.10 Å². The Hall–Kier alpha value is -2.23. The van der Waals surface area contributed by atoms with E-state index in [4.69, 9.17) is 0 Å². The average molecular weight is 196 g/mol. The van der Waals surface area contributed by atoms with Crippen LogP contribution < -0.4 is 0 Å². The van der Waals surface area contributed by atoms with Gasteiger partial charge in [0.25, 0.3) is 0 Å². The van der Waals surface area contributed by atoms with E-state index >= 15 is 0 Å². The van der Waals surface area contributed by atoms with Crippen molar-refractivity contribution in [3.05, 3.63) is 42.7 Å². The highest BCUT2D eigenvalue weighted by molar-refractivity contribution is 5.80. The summed E-state index contributed by atoms with van der Waals surface area (Å²) in [5.74, 6) is 0.626. The number of para-hydroxylation sites is 1. The first-order chi connectivity index (χ1) is 7.43. The van der Waals surface area contributed by atoms with Crippen LogP contribution in [-0.2, 0) is 0 Å². The molecular weight excluding hydrogens is 188 g/mol. The summed E-state index contributed by atoms with van der Waals surface area (Å²) in [6.07, 6.45) is 1.55. The molecule has 0 aliphatic carbocycles. The molecule has 4 heteroatoms. The van der Waals surface area contributed by atoms with Gasteiger partial charge >= 0.3 is 0 Å². The third-order valence-corrected chi connectivity index (χ3v) is 2.24. The largest absolute Gasteiger partial charge is 0.265 e. The highest BCUT2D eigenvalue weighted by atomic mass is 15.2. The third kappa shape index (κ3) is 1.36. The van der Waals surface area contributed by atoms with Crippen LogP contribution in [-0.4, -0.2) is 20.2 Å². The van der Waals surface area contributed by atoms with E-state index in [2.05, 4.69) is 20.2 Å². The van der Waals surface area contributed by atoms with Gasteiger partial charge in [-0.2, -0.15) is 5.10 Å². The topological polar surface area (TPSA) is 54.5 Å². The van der Waals surface area contributed by atoms with Crippen molar-refractivity contribution in [3.63, 3.8) is 0 Å². The number of fused-ring (bicyclic) bond motifs is 1. The second-order valence-corrected chi connectivity index (χ2v) is 3.21. The van der Waals surface area contributed by atoms with Crippen molar-refractivity contribution in [3.8, 4) is 11.5 Å². The molecule has 15 heavy (non-hydrogen) atoms. The Morgan fingerprint density at radius 1 is 1.00 bits per heavy atom. The Bertz CT molecular complexity index is 586. The Morgan fingerprint density at radius 2 is 1.93 bits per heavy atom. The zero-order chi connectivity index (χ0) is 10.1. The SMILES string of the molecule is c1ccc2nc(-c3nc[nH]n3)ccc2c1. The van der Waals surface area contributed by atoms with E-state index in [1.165, 1.54) is 0 Å². The minimum absolute atomic E-state index is 0.626.